The highest BCUT2D eigenvalue weighted by Crippen LogP contribution is 1.84. The molecule has 1 atom stereocenters. The van der Waals surface area contributed by atoms with Crippen molar-refractivity contribution < 1.29 is 24.0 Å². The Morgan fingerprint density at radius 2 is 1.71 bits per heavy atom. The Morgan fingerprint density at radius 1 is 1.36 bits per heavy atom. The molecule has 0 aromatic rings. The lowest BCUT2D eigenvalue weighted by atomic mass is 10.7. The summed E-state index contributed by atoms with van der Waals surface area (Å²) in [5, 5.41) is 14.8. The Bertz CT molecular complexity index is 293. The van der Waals surface area contributed by atoms with Crippen LogP contribution < -0.4 is 5.73 Å². The zero-order valence-electron chi connectivity index (χ0n) is 7.97. The van der Waals surface area contributed by atoms with Crippen molar-refractivity contribution in [3.05, 3.63) is 0 Å². The van der Waals surface area contributed by atoms with Crippen molar-refractivity contribution in [2.75, 3.05) is 25.6 Å². The second-order valence-electron chi connectivity index (χ2n) is 2.25. The first kappa shape index (κ1) is 15.3. The molecule has 0 saturated carbocycles. The second-order valence-corrected chi connectivity index (χ2v) is 4.94. The van der Waals surface area contributed by atoms with Crippen molar-refractivity contribution in [2.24, 2.45) is 10.1 Å². The lowest BCUT2D eigenvalue weighted by Crippen LogP contribution is -2.13. The van der Waals surface area contributed by atoms with E-state index in [1.54, 1.807) is 13.3 Å². The third kappa shape index (κ3) is 10.8. The van der Waals surface area contributed by atoms with Gasteiger partial charge in [-0.3, -0.25) is 4.21 Å². The third-order valence-electron chi connectivity index (χ3n) is 1.07. The minimum atomic E-state index is -1.92. The van der Waals surface area contributed by atoms with E-state index in [1.807, 2.05) is 0 Å². The maximum Gasteiger partial charge on any atom is 0.414 e. The van der Waals surface area contributed by atoms with E-state index < -0.39 is 21.7 Å². The van der Waals surface area contributed by atoms with Crippen LogP contribution in [0.2, 0.25) is 0 Å². The molecule has 0 heterocycles. The predicted molar refractivity (Wildman–Crippen MR) is 51.6 cm³/mol. The van der Waals surface area contributed by atoms with E-state index in [0.29, 0.717) is 12.3 Å². The van der Waals surface area contributed by atoms with Crippen LogP contribution in [0.15, 0.2) is 4.36 Å². The maximum atomic E-state index is 10.9. The van der Waals surface area contributed by atoms with Crippen molar-refractivity contribution in [2.45, 2.75) is 0 Å². The summed E-state index contributed by atoms with van der Waals surface area (Å²) in [6, 6.07) is 0. The molecular weight excluding hydrogens is 212 g/mol. The standard InChI is InChI=1S/C4H12N2OS.C2H2O4/c1-6-8(2,7)4-3-5;3-1(4)2(5)6/h3-5H2,1-2H3;(H,3,4)(H,5,6). The van der Waals surface area contributed by atoms with Crippen LogP contribution in [-0.2, 0) is 19.3 Å². The van der Waals surface area contributed by atoms with Crippen LogP contribution in [0.5, 0.6) is 0 Å². The third-order valence-corrected chi connectivity index (χ3v) is 2.83. The van der Waals surface area contributed by atoms with Crippen LogP contribution >= 0.6 is 0 Å². The predicted octanol–water partition coefficient (Wildman–Crippen LogP) is -1.17. The van der Waals surface area contributed by atoms with Crippen molar-refractivity contribution in [1.82, 2.24) is 0 Å². The minimum absolute atomic E-state index is 0.451. The molecule has 1 unspecified atom stereocenters. The Balaban J connectivity index is 0. The number of rotatable bonds is 2. The second kappa shape index (κ2) is 7.27. The van der Waals surface area contributed by atoms with E-state index in [2.05, 4.69) is 4.36 Å². The molecule has 84 valence electrons. The molecule has 0 fully saturated rings. The Morgan fingerprint density at radius 3 is 1.79 bits per heavy atom. The van der Waals surface area contributed by atoms with Gasteiger partial charge in [0.15, 0.2) is 0 Å². The molecule has 0 aliphatic heterocycles. The fraction of sp³-hybridized carbons (Fsp3) is 0.667. The zero-order valence-corrected chi connectivity index (χ0v) is 8.78. The Labute approximate surface area is 82.1 Å². The molecule has 4 N–H and O–H groups in total. The van der Waals surface area contributed by atoms with Crippen LogP contribution in [0.25, 0.3) is 0 Å². The molecule has 0 radical (unpaired) electrons. The molecule has 0 aliphatic rings. The molecule has 0 aromatic heterocycles. The molecule has 8 heteroatoms. The van der Waals surface area contributed by atoms with E-state index >= 15 is 0 Å². The molecular formula is C6H14N2O5S. The molecule has 0 aromatic carbocycles. The van der Waals surface area contributed by atoms with E-state index in [1.165, 1.54) is 0 Å². The van der Waals surface area contributed by atoms with Gasteiger partial charge in [-0.2, -0.15) is 0 Å². The summed E-state index contributed by atoms with van der Waals surface area (Å²) in [6.07, 6.45) is 1.61. The lowest BCUT2D eigenvalue weighted by Gasteiger charge is -1.96. The van der Waals surface area contributed by atoms with Gasteiger partial charge >= 0.3 is 11.9 Å². The highest BCUT2D eigenvalue weighted by molar-refractivity contribution is 7.92. The van der Waals surface area contributed by atoms with E-state index in [0.717, 1.165) is 0 Å². The highest BCUT2D eigenvalue weighted by Gasteiger charge is 2.04. The first-order valence-corrected chi connectivity index (χ1v) is 5.60. The van der Waals surface area contributed by atoms with Gasteiger partial charge in [0.1, 0.15) is 0 Å². The summed E-state index contributed by atoms with van der Waals surface area (Å²) in [5.41, 5.74) is 5.15. The summed E-state index contributed by atoms with van der Waals surface area (Å²) in [7, 11) is -0.366. The lowest BCUT2D eigenvalue weighted by molar-refractivity contribution is -0.159. The molecule has 0 spiro atoms. The Hall–Kier alpha value is -1.15. The smallest absolute Gasteiger partial charge is 0.414 e. The summed E-state index contributed by atoms with van der Waals surface area (Å²) in [5.74, 6) is -3.14. The van der Waals surface area contributed by atoms with Gasteiger partial charge in [-0.1, -0.05) is 0 Å². The van der Waals surface area contributed by atoms with E-state index in [9.17, 15) is 4.21 Å². The average molecular weight is 226 g/mol. The van der Waals surface area contributed by atoms with Crippen LogP contribution in [0.3, 0.4) is 0 Å². The van der Waals surface area contributed by atoms with Gasteiger partial charge in [-0.05, 0) is 0 Å². The molecule has 0 amide bonds. The monoisotopic (exact) mass is 226 g/mol. The van der Waals surface area contributed by atoms with Gasteiger partial charge in [0.2, 0.25) is 0 Å². The summed E-state index contributed by atoms with van der Waals surface area (Å²) in [4.78, 5) is 18.2. The van der Waals surface area contributed by atoms with Crippen LogP contribution in [-0.4, -0.2) is 52.0 Å². The molecule has 7 nitrogen and oxygen atoms in total. The quantitative estimate of drug-likeness (QED) is 0.508. The number of carboxylic acid groups (broad SMARTS) is 2. The number of hydrogen-bond donors (Lipinski definition) is 3. The summed E-state index contributed by atoms with van der Waals surface area (Å²) in [6.45, 7) is 0.451. The summed E-state index contributed by atoms with van der Waals surface area (Å²) >= 11 is 0. The first-order chi connectivity index (χ1) is 6.26. The highest BCUT2D eigenvalue weighted by atomic mass is 32.2. The Kier molecular flexibility index (Phi) is 7.96. The van der Waals surface area contributed by atoms with Crippen LogP contribution in [0, 0.1) is 0 Å². The van der Waals surface area contributed by atoms with Crippen LogP contribution in [0.4, 0.5) is 0 Å². The molecule has 0 rings (SSSR count). The van der Waals surface area contributed by atoms with Crippen molar-refractivity contribution in [3.63, 3.8) is 0 Å². The van der Waals surface area contributed by atoms with Crippen molar-refractivity contribution in [1.29, 1.82) is 0 Å². The molecule has 0 bridgehead atoms. The van der Waals surface area contributed by atoms with Crippen LogP contribution in [0.1, 0.15) is 0 Å². The van der Waals surface area contributed by atoms with Gasteiger partial charge in [0, 0.05) is 35.3 Å². The number of nitrogens with two attached hydrogens (primary N) is 1. The van der Waals surface area contributed by atoms with Gasteiger partial charge in [-0.15, -0.1) is 0 Å². The normalized spacial score (nSPS) is 13.1. The first-order valence-electron chi connectivity index (χ1n) is 3.51. The van der Waals surface area contributed by atoms with E-state index in [-0.39, 0.29) is 0 Å². The SMILES string of the molecule is CN=S(C)(=O)CCN.O=C(O)C(=O)O. The number of carbonyl (C=O) groups is 2. The molecule has 0 aliphatic carbocycles. The average Bonchev–Trinajstić information content (AvgIpc) is 2.05. The molecule has 14 heavy (non-hydrogen) atoms. The fourth-order valence-electron chi connectivity index (χ4n) is 0.310. The van der Waals surface area contributed by atoms with Gasteiger partial charge in [-0.25, -0.2) is 14.0 Å². The molecule has 0 saturated heterocycles. The summed E-state index contributed by atoms with van der Waals surface area (Å²) < 4.78 is 14.6. The van der Waals surface area contributed by atoms with Gasteiger partial charge in [0.25, 0.3) is 0 Å². The van der Waals surface area contributed by atoms with E-state index in [4.69, 9.17) is 25.5 Å². The fourth-order valence-corrected chi connectivity index (χ4v) is 0.930. The number of aliphatic carboxylic acids is 2. The topological polar surface area (TPSA) is 130 Å². The van der Waals surface area contributed by atoms with Crippen molar-refractivity contribution in [3.8, 4) is 0 Å². The minimum Gasteiger partial charge on any atom is -0.473 e. The largest absolute Gasteiger partial charge is 0.473 e. The zero-order chi connectivity index (χ0) is 11.8. The maximum absolute atomic E-state index is 10.9. The number of nitrogens with zero attached hydrogens (tertiary/aromatic N) is 1. The van der Waals surface area contributed by atoms with Gasteiger partial charge < -0.3 is 15.9 Å². The number of hydrogen-bond acceptors (Lipinski definition) is 5. The van der Waals surface area contributed by atoms with Gasteiger partial charge in [0.05, 0.1) is 0 Å². The number of carboxylic acids is 2. The van der Waals surface area contributed by atoms with Crippen molar-refractivity contribution >= 4 is 21.7 Å².